The highest BCUT2D eigenvalue weighted by Crippen LogP contribution is 2.19. The van der Waals surface area contributed by atoms with E-state index in [1.54, 1.807) is 0 Å². The lowest BCUT2D eigenvalue weighted by Crippen LogP contribution is -2.31. The van der Waals surface area contributed by atoms with Crippen LogP contribution >= 0.6 is 11.3 Å². The Hall–Kier alpha value is -0.380. The predicted molar refractivity (Wildman–Crippen MR) is 77.5 cm³/mol. The molecule has 3 heteroatoms. The number of hydrogen-bond acceptors (Lipinski definition) is 3. The number of nitrogens with one attached hydrogen (secondary N) is 1. The Kier molecular flexibility index (Phi) is 6.78. The molecule has 1 unspecified atom stereocenters. The molecule has 0 bridgehead atoms. The van der Waals surface area contributed by atoms with Gasteiger partial charge in [0.1, 0.15) is 0 Å². The van der Waals surface area contributed by atoms with Gasteiger partial charge in [-0.1, -0.05) is 20.8 Å². The lowest BCUT2D eigenvalue weighted by Gasteiger charge is -2.26. The third-order valence-corrected chi connectivity index (χ3v) is 4.32. The van der Waals surface area contributed by atoms with Crippen LogP contribution in [0.4, 0.5) is 0 Å². The molecule has 1 atom stereocenters. The topological polar surface area (TPSA) is 15.3 Å². The molecule has 0 aromatic carbocycles. The molecule has 98 valence electrons. The SMILES string of the molecule is CCNCc1ccc(CN(CC)C(C)CC)s1. The molecule has 17 heavy (non-hydrogen) atoms. The molecular weight excluding hydrogens is 228 g/mol. The maximum Gasteiger partial charge on any atom is 0.0330 e. The van der Waals surface area contributed by atoms with Crippen molar-refractivity contribution in [1.82, 2.24) is 10.2 Å². The Morgan fingerprint density at radius 3 is 2.53 bits per heavy atom. The van der Waals surface area contributed by atoms with Gasteiger partial charge in [0.25, 0.3) is 0 Å². The van der Waals surface area contributed by atoms with Crippen LogP contribution in [0.15, 0.2) is 12.1 Å². The Labute approximate surface area is 110 Å². The van der Waals surface area contributed by atoms with Gasteiger partial charge >= 0.3 is 0 Å². The first kappa shape index (κ1) is 14.7. The highest BCUT2D eigenvalue weighted by Gasteiger charge is 2.11. The molecule has 1 N–H and O–H groups in total. The number of rotatable bonds is 8. The van der Waals surface area contributed by atoms with Crippen molar-refractivity contribution in [3.05, 3.63) is 21.9 Å². The van der Waals surface area contributed by atoms with Crippen LogP contribution in [0, 0.1) is 0 Å². The van der Waals surface area contributed by atoms with Gasteiger partial charge in [0.2, 0.25) is 0 Å². The Morgan fingerprint density at radius 2 is 1.94 bits per heavy atom. The third-order valence-electron chi connectivity index (χ3n) is 3.25. The molecule has 0 saturated carbocycles. The zero-order chi connectivity index (χ0) is 12.7. The average Bonchev–Trinajstić information content (AvgIpc) is 2.80. The van der Waals surface area contributed by atoms with E-state index in [9.17, 15) is 0 Å². The maximum atomic E-state index is 3.38. The fourth-order valence-electron chi connectivity index (χ4n) is 1.89. The average molecular weight is 254 g/mol. The molecular formula is C14H26N2S. The van der Waals surface area contributed by atoms with Crippen molar-refractivity contribution < 1.29 is 0 Å². The molecule has 1 aromatic rings. The van der Waals surface area contributed by atoms with Crippen molar-refractivity contribution in [1.29, 1.82) is 0 Å². The fraction of sp³-hybridized carbons (Fsp3) is 0.714. The summed E-state index contributed by atoms with van der Waals surface area (Å²) in [6.45, 7) is 13.3. The van der Waals surface area contributed by atoms with Crippen LogP contribution in [0.1, 0.15) is 43.9 Å². The van der Waals surface area contributed by atoms with E-state index in [-0.39, 0.29) is 0 Å². The normalized spacial score (nSPS) is 13.2. The van der Waals surface area contributed by atoms with Crippen LogP contribution in [0.5, 0.6) is 0 Å². The van der Waals surface area contributed by atoms with Gasteiger partial charge < -0.3 is 5.32 Å². The van der Waals surface area contributed by atoms with Gasteiger partial charge in [0.05, 0.1) is 0 Å². The molecule has 1 heterocycles. The second kappa shape index (κ2) is 7.85. The zero-order valence-corrected chi connectivity index (χ0v) is 12.4. The summed E-state index contributed by atoms with van der Waals surface area (Å²) in [6, 6.07) is 5.22. The molecule has 0 amide bonds. The first-order valence-corrected chi connectivity index (χ1v) is 7.55. The van der Waals surface area contributed by atoms with Crippen LogP contribution in [-0.4, -0.2) is 24.0 Å². The Balaban J connectivity index is 2.52. The summed E-state index contributed by atoms with van der Waals surface area (Å²) in [4.78, 5) is 5.48. The monoisotopic (exact) mass is 254 g/mol. The van der Waals surface area contributed by atoms with E-state index in [2.05, 4.69) is 50.0 Å². The Bertz CT molecular complexity index is 309. The Morgan fingerprint density at radius 1 is 1.24 bits per heavy atom. The third kappa shape index (κ3) is 4.78. The minimum atomic E-state index is 0.680. The second-order valence-corrected chi connectivity index (χ2v) is 5.72. The molecule has 0 aliphatic carbocycles. The molecule has 0 spiro atoms. The minimum absolute atomic E-state index is 0.680. The van der Waals surface area contributed by atoms with Crippen LogP contribution < -0.4 is 5.32 Å². The fourth-order valence-corrected chi connectivity index (χ4v) is 2.90. The van der Waals surface area contributed by atoms with Crippen molar-refractivity contribution in [3.63, 3.8) is 0 Å². The molecule has 0 fully saturated rings. The molecule has 0 saturated heterocycles. The van der Waals surface area contributed by atoms with E-state index < -0.39 is 0 Å². The summed E-state index contributed by atoms with van der Waals surface area (Å²) in [5.41, 5.74) is 0. The van der Waals surface area contributed by atoms with E-state index in [4.69, 9.17) is 0 Å². The lowest BCUT2D eigenvalue weighted by molar-refractivity contribution is 0.208. The summed E-state index contributed by atoms with van der Waals surface area (Å²) in [5.74, 6) is 0. The van der Waals surface area contributed by atoms with Crippen molar-refractivity contribution in [2.24, 2.45) is 0 Å². The van der Waals surface area contributed by atoms with Gasteiger partial charge in [0, 0.05) is 28.9 Å². The lowest BCUT2D eigenvalue weighted by atomic mass is 10.2. The molecule has 1 rings (SSSR count). The standard InChI is InChI=1S/C14H26N2S/c1-5-12(4)16(7-3)11-14-9-8-13(17-14)10-15-6-2/h8-9,12,15H,5-7,10-11H2,1-4H3. The number of thiophene rings is 1. The molecule has 1 aromatic heterocycles. The van der Waals surface area contributed by atoms with Gasteiger partial charge in [-0.3, -0.25) is 4.90 Å². The summed E-state index contributed by atoms with van der Waals surface area (Å²) >= 11 is 1.94. The minimum Gasteiger partial charge on any atom is -0.312 e. The summed E-state index contributed by atoms with van der Waals surface area (Å²) in [5, 5.41) is 3.38. The van der Waals surface area contributed by atoms with Crippen molar-refractivity contribution in [2.75, 3.05) is 13.1 Å². The van der Waals surface area contributed by atoms with Gasteiger partial charge in [-0.05, 0) is 38.6 Å². The number of nitrogens with zero attached hydrogens (tertiary/aromatic N) is 1. The smallest absolute Gasteiger partial charge is 0.0330 e. The van der Waals surface area contributed by atoms with Crippen LogP contribution in [0.25, 0.3) is 0 Å². The van der Waals surface area contributed by atoms with Gasteiger partial charge in [-0.2, -0.15) is 0 Å². The molecule has 0 radical (unpaired) electrons. The molecule has 2 nitrogen and oxygen atoms in total. The van der Waals surface area contributed by atoms with E-state index in [0.29, 0.717) is 6.04 Å². The van der Waals surface area contributed by atoms with E-state index in [1.165, 1.54) is 16.2 Å². The highest BCUT2D eigenvalue weighted by molar-refractivity contribution is 7.11. The number of hydrogen-bond donors (Lipinski definition) is 1. The van der Waals surface area contributed by atoms with Crippen molar-refractivity contribution >= 4 is 11.3 Å². The van der Waals surface area contributed by atoms with Gasteiger partial charge in [-0.15, -0.1) is 11.3 Å². The van der Waals surface area contributed by atoms with E-state index in [1.807, 2.05) is 11.3 Å². The van der Waals surface area contributed by atoms with Crippen LogP contribution in [0.3, 0.4) is 0 Å². The van der Waals surface area contributed by atoms with E-state index in [0.717, 1.165) is 26.2 Å². The van der Waals surface area contributed by atoms with Crippen molar-refractivity contribution in [3.8, 4) is 0 Å². The summed E-state index contributed by atoms with van der Waals surface area (Å²) < 4.78 is 0. The van der Waals surface area contributed by atoms with Crippen LogP contribution in [0.2, 0.25) is 0 Å². The van der Waals surface area contributed by atoms with Gasteiger partial charge in [-0.25, -0.2) is 0 Å². The van der Waals surface area contributed by atoms with Crippen LogP contribution in [-0.2, 0) is 13.1 Å². The highest BCUT2D eigenvalue weighted by atomic mass is 32.1. The first-order valence-electron chi connectivity index (χ1n) is 6.73. The summed E-state index contributed by atoms with van der Waals surface area (Å²) in [6.07, 6.45) is 1.23. The summed E-state index contributed by atoms with van der Waals surface area (Å²) in [7, 11) is 0. The predicted octanol–water partition coefficient (Wildman–Crippen LogP) is 3.48. The van der Waals surface area contributed by atoms with E-state index >= 15 is 0 Å². The zero-order valence-electron chi connectivity index (χ0n) is 11.6. The molecule has 0 aliphatic rings. The maximum absolute atomic E-state index is 3.38. The largest absolute Gasteiger partial charge is 0.312 e. The first-order chi connectivity index (χ1) is 8.21. The van der Waals surface area contributed by atoms with Gasteiger partial charge in [0.15, 0.2) is 0 Å². The van der Waals surface area contributed by atoms with Crippen molar-refractivity contribution in [2.45, 2.75) is 53.2 Å². The second-order valence-electron chi connectivity index (χ2n) is 4.47. The molecule has 0 aliphatic heterocycles. The quantitative estimate of drug-likeness (QED) is 0.764.